The Hall–Kier alpha value is -1.70. The maximum Gasteiger partial charge on any atom is 0.293 e. The van der Waals surface area contributed by atoms with Gasteiger partial charge in [0, 0.05) is 19.2 Å². The van der Waals surface area contributed by atoms with Gasteiger partial charge in [0.15, 0.2) is 0 Å². The lowest BCUT2D eigenvalue weighted by atomic mass is 10.1. The highest BCUT2D eigenvalue weighted by atomic mass is 16.6. The molecular weight excluding hydrogens is 236 g/mol. The van der Waals surface area contributed by atoms with Gasteiger partial charge in [-0.1, -0.05) is 6.07 Å². The van der Waals surface area contributed by atoms with Crippen molar-refractivity contribution in [1.82, 2.24) is 4.90 Å². The minimum absolute atomic E-state index is 0.0551. The van der Waals surface area contributed by atoms with Crippen LogP contribution in [0.25, 0.3) is 0 Å². The minimum atomic E-state index is -0.479. The van der Waals surface area contributed by atoms with Crippen molar-refractivity contribution in [1.29, 1.82) is 0 Å². The van der Waals surface area contributed by atoms with Crippen LogP contribution in [0.5, 0.6) is 0 Å². The lowest BCUT2D eigenvalue weighted by molar-refractivity contribution is -0.384. The Morgan fingerprint density at radius 1 is 1.61 bits per heavy atom. The van der Waals surface area contributed by atoms with Gasteiger partial charge in [-0.15, -0.1) is 0 Å². The Morgan fingerprint density at radius 2 is 2.28 bits per heavy atom. The Labute approximate surface area is 105 Å². The summed E-state index contributed by atoms with van der Waals surface area (Å²) in [6, 6.07) is 4.82. The lowest BCUT2D eigenvalue weighted by Gasteiger charge is -2.18. The number of benzene rings is 1. The Bertz CT molecular complexity index is 423. The number of likely N-dealkylation sites (N-methyl/N-ethyl adjacent to an activating group) is 1. The lowest BCUT2D eigenvalue weighted by Crippen LogP contribution is -2.26. The van der Waals surface area contributed by atoms with Crippen LogP contribution in [0.15, 0.2) is 18.2 Å². The van der Waals surface area contributed by atoms with E-state index in [-0.39, 0.29) is 11.4 Å². The molecule has 0 bridgehead atoms. The van der Waals surface area contributed by atoms with Crippen LogP contribution >= 0.6 is 0 Å². The van der Waals surface area contributed by atoms with E-state index in [9.17, 15) is 15.2 Å². The van der Waals surface area contributed by atoms with Crippen molar-refractivity contribution in [2.45, 2.75) is 19.6 Å². The maximum atomic E-state index is 10.9. The largest absolute Gasteiger partial charge is 0.392 e. The van der Waals surface area contributed by atoms with E-state index in [4.69, 9.17) is 5.84 Å². The topological polar surface area (TPSA) is 105 Å². The molecule has 18 heavy (non-hydrogen) atoms. The molecule has 0 spiro atoms. The molecule has 0 heterocycles. The van der Waals surface area contributed by atoms with Crippen LogP contribution in [-0.4, -0.2) is 34.6 Å². The van der Waals surface area contributed by atoms with Gasteiger partial charge < -0.3 is 10.5 Å². The Kier molecular flexibility index (Phi) is 5.02. The van der Waals surface area contributed by atoms with Crippen LogP contribution in [0.3, 0.4) is 0 Å². The van der Waals surface area contributed by atoms with Crippen molar-refractivity contribution in [3.05, 3.63) is 33.9 Å². The van der Waals surface area contributed by atoms with Gasteiger partial charge in [-0.3, -0.25) is 20.9 Å². The van der Waals surface area contributed by atoms with E-state index in [0.717, 1.165) is 5.56 Å². The van der Waals surface area contributed by atoms with Crippen LogP contribution in [0.2, 0.25) is 0 Å². The van der Waals surface area contributed by atoms with Crippen LogP contribution in [-0.2, 0) is 6.54 Å². The molecule has 0 aromatic heterocycles. The SMILES string of the molecule is CC(O)CN(C)Cc1ccc(NN)c([N+](=O)[O-])c1. The number of rotatable bonds is 6. The molecule has 0 aliphatic carbocycles. The summed E-state index contributed by atoms with van der Waals surface area (Å²) in [6.07, 6.45) is -0.435. The summed E-state index contributed by atoms with van der Waals surface area (Å²) < 4.78 is 0. The fourth-order valence-electron chi connectivity index (χ4n) is 1.78. The number of aliphatic hydroxyl groups excluding tert-OH is 1. The molecule has 1 atom stereocenters. The molecule has 1 aromatic carbocycles. The average Bonchev–Trinajstić information content (AvgIpc) is 2.27. The molecular formula is C11H18N4O3. The monoisotopic (exact) mass is 254 g/mol. The molecule has 1 aromatic rings. The zero-order chi connectivity index (χ0) is 13.7. The van der Waals surface area contributed by atoms with E-state index in [1.807, 2.05) is 11.9 Å². The van der Waals surface area contributed by atoms with E-state index in [2.05, 4.69) is 5.43 Å². The molecule has 0 radical (unpaired) electrons. The summed E-state index contributed by atoms with van der Waals surface area (Å²) in [7, 11) is 1.84. The van der Waals surface area contributed by atoms with Gasteiger partial charge >= 0.3 is 0 Å². The van der Waals surface area contributed by atoms with Crippen molar-refractivity contribution in [3.8, 4) is 0 Å². The number of nitro groups is 1. The van der Waals surface area contributed by atoms with E-state index in [0.29, 0.717) is 13.1 Å². The minimum Gasteiger partial charge on any atom is -0.392 e. The van der Waals surface area contributed by atoms with Gasteiger partial charge in [0.1, 0.15) is 5.69 Å². The van der Waals surface area contributed by atoms with Gasteiger partial charge in [-0.25, -0.2) is 0 Å². The molecule has 7 heteroatoms. The highest BCUT2D eigenvalue weighted by Gasteiger charge is 2.14. The molecule has 0 aliphatic heterocycles. The summed E-state index contributed by atoms with van der Waals surface area (Å²) in [6.45, 7) is 2.72. The van der Waals surface area contributed by atoms with Crippen molar-refractivity contribution < 1.29 is 10.0 Å². The zero-order valence-corrected chi connectivity index (χ0v) is 10.5. The van der Waals surface area contributed by atoms with Crippen LogP contribution in [0.4, 0.5) is 11.4 Å². The smallest absolute Gasteiger partial charge is 0.293 e. The summed E-state index contributed by atoms with van der Waals surface area (Å²) in [4.78, 5) is 12.3. The molecule has 100 valence electrons. The van der Waals surface area contributed by atoms with E-state index >= 15 is 0 Å². The Balaban J connectivity index is 2.85. The van der Waals surface area contributed by atoms with Crippen molar-refractivity contribution >= 4 is 11.4 Å². The molecule has 0 amide bonds. The van der Waals surface area contributed by atoms with E-state index in [1.165, 1.54) is 6.07 Å². The average molecular weight is 254 g/mol. The number of nitrogens with zero attached hydrogens (tertiary/aromatic N) is 2. The number of aliphatic hydroxyl groups is 1. The van der Waals surface area contributed by atoms with Crippen molar-refractivity contribution in [2.75, 3.05) is 19.0 Å². The number of hydrogen-bond donors (Lipinski definition) is 3. The first-order valence-corrected chi connectivity index (χ1v) is 5.54. The molecule has 0 fully saturated rings. The first-order chi connectivity index (χ1) is 8.43. The number of nitrogens with one attached hydrogen (secondary N) is 1. The second-order valence-corrected chi connectivity index (χ2v) is 4.30. The summed E-state index contributed by atoms with van der Waals surface area (Å²) >= 11 is 0. The molecule has 0 saturated heterocycles. The fraction of sp³-hybridized carbons (Fsp3) is 0.455. The zero-order valence-electron chi connectivity index (χ0n) is 10.5. The molecule has 4 N–H and O–H groups in total. The third-order valence-electron chi connectivity index (χ3n) is 2.44. The number of hydrogen-bond acceptors (Lipinski definition) is 6. The van der Waals surface area contributed by atoms with E-state index in [1.54, 1.807) is 19.1 Å². The van der Waals surface area contributed by atoms with Gasteiger partial charge in [-0.05, 0) is 25.6 Å². The van der Waals surface area contributed by atoms with Crippen molar-refractivity contribution in [3.63, 3.8) is 0 Å². The summed E-state index contributed by atoms with van der Waals surface area (Å²) in [5.41, 5.74) is 3.31. The predicted molar refractivity (Wildman–Crippen MR) is 68.9 cm³/mol. The summed E-state index contributed by atoms with van der Waals surface area (Å²) in [5.74, 6) is 5.21. The van der Waals surface area contributed by atoms with Crippen LogP contribution in [0.1, 0.15) is 12.5 Å². The third-order valence-corrected chi connectivity index (χ3v) is 2.44. The first kappa shape index (κ1) is 14.4. The number of nitrogen functional groups attached to an aromatic ring is 1. The van der Waals surface area contributed by atoms with E-state index < -0.39 is 11.0 Å². The first-order valence-electron chi connectivity index (χ1n) is 5.54. The maximum absolute atomic E-state index is 10.9. The quantitative estimate of drug-likeness (QED) is 0.392. The van der Waals surface area contributed by atoms with Gasteiger partial charge in [-0.2, -0.15) is 0 Å². The second-order valence-electron chi connectivity index (χ2n) is 4.30. The number of anilines is 1. The molecule has 1 rings (SSSR count). The highest BCUT2D eigenvalue weighted by Crippen LogP contribution is 2.25. The predicted octanol–water partition coefficient (Wildman–Crippen LogP) is 0.693. The van der Waals surface area contributed by atoms with Gasteiger partial charge in [0.2, 0.25) is 0 Å². The van der Waals surface area contributed by atoms with Crippen molar-refractivity contribution in [2.24, 2.45) is 5.84 Å². The Morgan fingerprint density at radius 3 is 2.78 bits per heavy atom. The van der Waals surface area contributed by atoms with Gasteiger partial charge in [0.25, 0.3) is 5.69 Å². The number of hydrazine groups is 1. The second kappa shape index (κ2) is 6.29. The third kappa shape index (κ3) is 3.95. The normalized spacial score (nSPS) is 12.5. The molecule has 7 nitrogen and oxygen atoms in total. The molecule has 0 aliphatic rings. The van der Waals surface area contributed by atoms with Crippen LogP contribution in [0, 0.1) is 10.1 Å². The number of nitrogens with two attached hydrogens (primary N) is 1. The molecule has 1 unspecified atom stereocenters. The standard InChI is InChI=1S/C11H18N4O3/c1-8(16)6-14(2)7-9-3-4-10(13-12)11(5-9)15(17)18/h3-5,8,13,16H,6-7,12H2,1-2H3. The molecule has 0 saturated carbocycles. The summed E-state index contributed by atoms with van der Waals surface area (Å²) in [5, 5.41) is 20.1. The fourth-order valence-corrected chi connectivity index (χ4v) is 1.78. The van der Waals surface area contributed by atoms with Crippen LogP contribution < -0.4 is 11.3 Å². The van der Waals surface area contributed by atoms with Gasteiger partial charge in [0.05, 0.1) is 11.0 Å². The number of nitro benzene ring substituents is 1. The highest BCUT2D eigenvalue weighted by molar-refractivity contribution is 5.61.